The van der Waals surface area contributed by atoms with Crippen LogP contribution in [0.4, 0.5) is 5.69 Å². The molecule has 1 amide bonds. The van der Waals surface area contributed by atoms with Crippen LogP contribution in [0.1, 0.15) is 5.56 Å². The number of nitrogens with zero attached hydrogens (tertiary/aromatic N) is 4. The number of amides is 1. The number of thioether (sulfide) groups is 1. The molecule has 3 rings (SSSR count). The van der Waals surface area contributed by atoms with Gasteiger partial charge in [0, 0.05) is 10.6 Å². The van der Waals surface area contributed by atoms with Crippen LogP contribution in [-0.4, -0.2) is 31.9 Å². The van der Waals surface area contributed by atoms with Crippen molar-refractivity contribution in [2.45, 2.75) is 11.8 Å². The van der Waals surface area contributed by atoms with Crippen molar-refractivity contribution in [2.75, 3.05) is 11.1 Å². The van der Waals surface area contributed by atoms with E-state index in [9.17, 15) is 4.79 Å². The minimum absolute atomic E-state index is 0.0363. The van der Waals surface area contributed by atoms with Crippen molar-refractivity contribution in [3.8, 4) is 5.69 Å². The van der Waals surface area contributed by atoms with Gasteiger partial charge in [-0.05, 0) is 53.7 Å². The van der Waals surface area contributed by atoms with Crippen LogP contribution >= 0.6 is 11.8 Å². The molecule has 0 saturated carbocycles. The first-order valence-corrected chi connectivity index (χ1v) is 8.02. The molecule has 0 unspecified atom stereocenters. The summed E-state index contributed by atoms with van der Waals surface area (Å²) < 4.78 is 1.55. The van der Waals surface area contributed by atoms with E-state index < -0.39 is 0 Å². The summed E-state index contributed by atoms with van der Waals surface area (Å²) in [5.74, 6) is 0.336. The predicted octanol–water partition coefficient (Wildman–Crippen LogP) is 2.70. The molecule has 6 nitrogen and oxygen atoms in total. The third-order valence-corrected chi connectivity index (χ3v) is 4.17. The molecular formula is C16H15N5OS. The lowest BCUT2D eigenvalue weighted by atomic mass is 10.2. The number of rotatable bonds is 5. The topological polar surface area (TPSA) is 72.7 Å². The SMILES string of the molecule is Cc1ccc(SCC(=O)Nc2ccc(-n3cnnn3)cc2)cc1. The lowest BCUT2D eigenvalue weighted by Crippen LogP contribution is -2.14. The van der Waals surface area contributed by atoms with Crippen molar-refractivity contribution < 1.29 is 4.79 Å². The zero-order valence-corrected chi connectivity index (χ0v) is 13.3. The third kappa shape index (κ3) is 4.17. The minimum atomic E-state index is -0.0363. The standard InChI is InChI=1S/C16H15N5OS/c1-12-2-8-15(9-3-12)23-10-16(22)18-13-4-6-14(7-5-13)21-11-17-19-20-21/h2-9,11H,10H2,1H3,(H,18,22). The summed E-state index contributed by atoms with van der Waals surface area (Å²) in [6, 6.07) is 15.5. The Morgan fingerprint density at radius 2 is 1.87 bits per heavy atom. The second-order valence-electron chi connectivity index (χ2n) is 4.95. The lowest BCUT2D eigenvalue weighted by molar-refractivity contribution is -0.113. The Bertz CT molecular complexity index is 769. The summed E-state index contributed by atoms with van der Waals surface area (Å²) in [4.78, 5) is 13.1. The zero-order valence-electron chi connectivity index (χ0n) is 12.5. The second-order valence-corrected chi connectivity index (χ2v) is 6.00. The molecule has 0 aliphatic heterocycles. The summed E-state index contributed by atoms with van der Waals surface area (Å²) in [6.45, 7) is 2.04. The molecule has 0 radical (unpaired) electrons. The second kappa shape index (κ2) is 7.06. The van der Waals surface area contributed by atoms with Gasteiger partial charge in [-0.3, -0.25) is 4.79 Å². The van der Waals surface area contributed by atoms with Crippen molar-refractivity contribution in [1.82, 2.24) is 20.2 Å². The van der Waals surface area contributed by atoms with E-state index in [1.54, 1.807) is 4.68 Å². The van der Waals surface area contributed by atoms with Gasteiger partial charge < -0.3 is 5.32 Å². The largest absolute Gasteiger partial charge is 0.325 e. The van der Waals surface area contributed by atoms with Crippen LogP contribution in [0.15, 0.2) is 59.8 Å². The lowest BCUT2D eigenvalue weighted by Gasteiger charge is -2.06. The Balaban J connectivity index is 1.54. The molecule has 0 fully saturated rings. The predicted molar refractivity (Wildman–Crippen MR) is 89.7 cm³/mol. The molecule has 1 aromatic heterocycles. The maximum Gasteiger partial charge on any atom is 0.234 e. The number of tetrazole rings is 1. The number of hydrogen-bond acceptors (Lipinski definition) is 5. The number of nitrogens with one attached hydrogen (secondary N) is 1. The van der Waals surface area contributed by atoms with Crippen LogP contribution in [-0.2, 0) is 4.79 Å². The van der Waals surface area contributed by atoms with E-state index in [1.165, 1.54) is 23.7 Å². The minimum Gasteiger partial charge on any atom is -0.325 e. The first kappa shape index (κ1) is 15.2. The fourth-order valence-corrected chi connectivity index (χ4v) is 2.66. The Morgan fingerprint density at radius 3 is 2.52 bits per heavy atom. The maximum atomic E-state index is 12.0. The third-order valence-electron chi connectivity index (χ3n) is 3.16. The van der Waals surface area contributed by atoms with Crippen molar-refractivity contribution >= 4 is 23.4 Å². The highest BCUT2D eigenvalue weighted by atomic mass is 32.2. The van der Waals surface area contributed by atoms with Gasteiger partial charge in [-0.2, -0.15) is 0 Å². The normalized spacial score (nSPS) is 10.5. The van der Waals surface area contributed by atoms with Gasteiger partial charge >= 0.3 is 0 Å². The number of aromatic nitrogens is 4. The highest BCUT2D eigenvalue weighted by Gasteiger charge is 2.04. The van der Waals surface area contributed by atoms with Crippen LogP contribution in [0, 0.1) is 6.92 Å². The number of carbonyl (C=O) groups excluding carboxylic acids is 1. The molecule has 0 saturated heterocycles. The summed E-state index contributed by atoms with van der Waals surface area (Å²) >= 11 is 1.51. The van der Waals surface area contributed by atoms with Crippen molar-refractivity contribution in [3.05, 3.63) is 60.4 Å². The molecular weight excluding hydrogens is 310 g/mol. The van der Waals surface area contributed by atoms with E-state index in [0.717, 1.165) is 16.3 Å². The highest BCUT2D eigenvalue weighted by molar-refractivity contribution is 8.00. The number of hydrogen-bond donors (Lipinski definition) is 1. The van der Waals surface area contributed by atoms with E-state index in [0.29, 0.717) is 5.75 Å². The average Bonchev–Trinajstić information content (AvgIpc) is 3.09. The smallest absolute Gasteiger partial charge is 0.234 e. The fourth-order valence-electron chi connectivity index (χ4n) is 1.96. The summed E-state index contributed by atoms with van der Waals surface area (Å²) in [5.41, 5.74) is 2.79. The molecule has 1 heterocycles. The van der Waals surface area contributed by atoms with Gasteiger partial charge in [0.1, 0.15) is 6.33 Å². The molecule has 0 aliphatic rings. The first-order chi connectivity index (χ1) is 11.2. The van der Waals surface area contributed by atoms with E-state index in [4.69, 9.17) is 0 Å². The van der Waals surface area contributed by atoms with Gasteiger partial charge in [0.05, 0.1) is 11.4 Å². The molecule has 23 heavy (non-hydrogen) atoms. The van der Waals surface area contributed by atoms with Crippen LogP contribution in [0.2, 0.25) is 0 Å². The number of anilines is 1. The average molecular weight is 325 g/mol. The van der Waals surface area contributed by atoms with Gasteiger partial charge in [0.15, 0.2) is 0 Å². The van der Waals surface area contributed by atoms with Crippen LogP contribution < -0.4 is 5.32 Å². The molecule has 2 aromatic carbocycles. The van der Waals surface area contributed by atoms with Crippen molar-refractivity contribution in [1.29, 1.82) is 0 Å². The molecule has 0 aliphatic carbocycles. The number of benzene rings is 2. The fraction of sp³-hybridized carbons (Fsp3) is 0.125. The van der Waals surface area contributed by atoms with Gasteiger partial charge in [-0.25, -0.2) is 4.68 Å². The van der Waals surface area contributed by atoms with Crippen molar-refractivity contribution in [3.63, 3.8) is 0 Å². The molecule has 0 spiro atoms. The van der Waals surface area contributed by atoms with Crippen LogP contribution in [0.5, 0.6) is 0 Å². The number of aryl methyl sites for hydroxylation is 1. The summed E-state index contributed by atoms with van der Waals surface area (Å²) in [6.07, 6.45) is 1.52. The Labute approximate surface area is 137 Å². The molecule has 1 N–H and O–H groups in total. The van der Waals surface area contributed by atoms with Crippen LogP contribution in [0.3, 0.4) is 0 Å². The highest BCUT2D eigenvalue weighted by Crippen LogP contribution is 2.19. The zero-order chi connectivity index (χ0) is 16.1. The summed E-state index contributed by atoms with van der Waals surface area (Å²) in [7, 11) is 0. The Hall–Kier alpha value is -2.67. The van der Waals surface area contributed by atoms with E-state index >= 15 is 0 Å². The Kier molecular flexibility index (Phi) is 4.68. The quantitative estimate of drug-likeness (QED) is 0.730. The van der Waals surface area contributed by atoms with E-state index in [-0.39, 0.29) is 5.91 Å². The monoisotopic (exact) mass is 325 g/mol. The molecule has 7 heteroatoms. The van der Waals surface area contributed by atoms with Gasteiger partial charge in [-0.15, -0.1) is 16.9 Å². The van der Waals surface area contributed by atoms with E-state index in [1.807, 2.05) is 55.5 Å². The maximum absolute atomic E-state index is 12.0. The number of carbonyl (C=O) groups is 1. The van der Waals surface area contributed by atoms with Gasteiger partial charge in [0.25, 0.3) is 0 Å². The van der Waals surface area contributed by atoms with E-state index in [2.05, 4.69) is 20.8 Å². The molecule has 3 aromatic rings. The first-order valence-electron chi connectivity index (χ1n) is 7.03. The molecule has 116 valence electrons. The summed E-state index contributed by atoms with van der Waals surface area (Å²) in [5, 5.41) is 13.9. The molecule has 0 atom stereocenters. The van der Waals surface area contributed by atoms with Gasteiger partial charge in [-0.1, -0.05) is 17.7 Å². The van der Waals surface area contributed by atoms with Crippen LogP contribution in [0.25, 0.3) is 5.69 Å². The van der Waals surface area contributed by atoms with Gasteiger partial charge in [0.2, 0.25) is 5.91 Å². The Morgan fingerprint density at radius 1 is 1.13 bits per heavy atom. The molecule has 0 bridgehead atoms. The van der Waals surface area contributed by atoms with Crippen molar-refractivity contribution in [2.24, 2.45) is 0 Å².